The van der Waals surface area contributed by atoms with Crippen LogP contribution in [0.2, 0.25) is 0 Å². The molecule has 1 saturated carbocycles. The van der Waals surface area contributed by atoms with Crippen LogP contribution < -0.4 is 11.1 Å². The Morgan fingerprint density at radius 3 is 2.61 bits per heavy atom. The Morgan fingerprint density at radius 2 is 2.00 bits per heavy atom. The Hall–Kier alpha value is -0.770. The molecule has 100 valence electrons. The SMILES string of the molecule is CCC1CCC(CNc2ncc(N)cc2Br)CC1. The lowest BCUT2D eigenvalue weighted by molar-refractivity contribution is 0.278. The van der Waals surface area contributed by atoms with Gasteiger partial charge in [-0.3, -0.25) is 0 Å². The van der Waals surface area contributed by atoms with E-state index in [1.165, 1.54) is 32.1 Å². The van der Waals surface area contributed by atoms with Crippen molar-refractivity contribution < 1.29 is 0 Å². The smallest absolute Gasteiger partial charge is 0.140 e. The Morgan fingerprint density at radius 1 is 1.33 bits per heavy atom. The second-order valence-corrected chi connectivity index (χ2v) is 6.13. The first-order valence-electron chi connectivity index (χ1n) is 6.84. The first-order valence-corrected chi connectivity index (χ1v) is 7.63. The molecule has 0 unspecified atom stereocenters. The van der Waals surface area contributed by atoms with E-state index in [1.54, 1.807) is 6.20 Å². The zero-order valence-electron chi connectivity index (χ0n) is 11.0. The molecule has 0 spiro atoms. The van der Waals surface area contributed by atoms with E-state index in [0.29, 0.717) is 5.69 Å². The highest BCUT2D eigenvalue weighted by Crippen LogP contribution is 2.31. The predicted octanol–water partition coefficient (Wildman–Crippen LogP) is 4.05. The fourth-order valence-electron chi connectivity index (χ4n) is 2.67. The monoisotopic (exact) mass is 311 g/mol. The molecule has 0 radical (unpaired) electrons. The number of hydrogen-bond donors (Lipinski definition) is 2. The maximum absolute atomic E-state index is 5.68. The van der Waals surface area contributed by atoms with Gasteiger partial charge in [0.25, 0.3) is 0 Å². The first kappa shape index (κ1) is 13.7. The molecule has 1 fully saturated rings. The summed E-state index contributed by atoms with van der Waals surface area (Å²) in [6, 6.07) is 1.89. The number of aromatic nitrogens is 1. The number of hydrogen-bond acceptors (Lipinski definition) is 3. The summed E-state index contributed by atoms with van der Waals surface area (Å²) < 4.78 is 0.949. The van der Waals surface area contributed by atoms with Crippen molar-refractivity contribution in [2.45, 2.75) is 39.0 Å². The van der Waals surface area contributed by atoms with Gasteiger partial charge in [-0.05, 0) is 46.7 Å². The van der Waals surface area contributed by atoms with E-state index in [9.17, 15) is 0 Å². The molecule has 0 bridgehead atoms. The quantitative estimate of drug-likeness (QED) is 0.881. The third-order valence-electron chi connectivity index (χ3n) is 3.96. The molecular formula is C14H22BrN3. The number of rotatable bonds is 4. The van der Waals surface area contributed by atoms with Gasteiger partial charge in [-0.1, -0.05) is 26.2 Å². The van der Waals surface area contributed by atoms with E-state index in [4.69, 9.17) is 5.73 Å². The van der Waals surface area contributed by atoms with Crippen LogP contribution in [0.15, 0.2) is 16.7 Å². The van der Waals surface area contributed by atoms with Crippen molar-refractivity contribution in [3.8, 4) is 0 Å². The Kier molecular flexibility index (Phi) is 4.87. The lowest BCUT2D eigenvalue weighted by atomic mass is 9.81. The van der Waals surface area contributed by atoms with Gasteiger partial charge >= 0.3 is 0 Å². The largest absolute Gasteiger partial charge is 0.397 e. The number of nitrogen functional groups attached to an aromatic ring is 1. The second-order valence-electron chi connectivity index (χ2n) is 5.27. The van der Waals surface area contributed by atoms with Gasteiger partial charge in [0, 0.05) is 6.54 Å². The summed E-state index contributed by atoms with van der Waals surface area (Å²) in [6.07, 6.45) is 8.50. The fourth-order valence-corrected chi connectivity index (χ4v) is 3.17. The van der Waals surface area contributed by atoms with Crippen LogP contribution in [0.5, 0.6) is 0 Å². The molecule has 3 N–H and O–H groups in total. The van der Waals surface area contributed by atoms with Crippen LogP contribution >= 0.6 is 15.9 Å². The van der Waals surface area contributed by atoms with Gasteiger partial charge in [-0.25, -0.2) is 4.98 Å². The Bertz CT molecular complexity index is 387. The molecule has 0 atom stereocenters. The summed E-state index contributed by atoms with van der Waals surface area (Å²) in [5, 5.41) is 3.43. The molecule has 18 heavy (non-hydrogen) atoms. The molecular weight excluding hydrogens is 290 g/mol. The van der Waals surface area contributed by atoms with Crippen molar-refractivity contribution in [2.75, 3.05) is 17.6 Å². The van der Waals surface area contributed by atoms with E-state index in [-0.39, 0.29) is 0 Å². The zero-order valence-corrected chi connectivity index (χ0v) is 12.5. The maximum atomic E-state index is 5.68. The highest BCUT2D eigenvalue weighted by atomic mass is 79.9. The van der Waals surface area contributed by atoms with Crippen LogP contribution in [0.1, 0.15) is 39.0 Å². The topological polar surface area (TPSA) is 50.9 Å². The maximum Gasteiger partial charge on any atom is 0.140 e. The average Bonchev–Trinajstić information content (AvgIpc) is 2.38. The molecule has 0 amide bonds. The molecule has 1 aromatic heterocycles. The third kappa shape index (κ3) is 3.61. The van der Waals surface area contributed by atoms with Crippen molar-refractivity contribution in [1.29, 1.82) is 0 Å². The van der Waals surface area contributed by atoms with Gasteiger partial charge in [0.1, 0.15) is 5.82 Å². The van der Waals surface area contributed by atoms with E-state index in [2.05, 4.69) is 33.2 Å². The zero-order chi connectivity index (χ0) is 13.0. The molecule has 0 saturated heterocycles. The summed E-state index contributed by atoms with van der Waals surface area (Å²) in [6.45, 7) is 3.32. The molecule has 1 heterocycles. The average molecular weight is 312 g/mol. The van der Waals surface area contributed by atoms with Crippen molar-refractivity contribution in [2.24, 2.45) is 11.8 Å². The lowest BCUT2D eigenvalue weighted by Gasteiger charge is -2.28. The van der Waals surface area contributed by atoms with Crippen LogP contribution in [0.4, 0.5) is 11.5 Å². The number of nitrogens with one attached hydrogen (secondary N) is 1. The standard InChI is InChI=1S/C14H22BrN3/c1-2-10-3-5-11(6-4-10)8-17-14-13(15)7-12(16)9-18-14/h7,9-11H,2-6,8,16H2,1H3,(H,17,18). The van der Waals surface area contributed by atoms with Crippen LogP contribution in [0.3, 0.4) is 0 Å². The van der Waals surface area contributed by atoms with E-state index in [1.807, 2.05) is 6.07 Å². The molecule has 1 aliphatic rings. The number of nitrogens with zero attached hydrogens (tertiary/aromatic N) is 1. The number of halogens is 1. The number of anilines is 2. The third-order valence-corrected chi connectivity index (χ3v) is 4.57. The van der Waals surface area contributed by atoms with E-state index >= 15 is 0 Å². The first-order chi connectivity index (χ1) is 8.69. The minimum Gasteiger partial charge on any atom is -0.397 e. The van der Waals surface area contributed by atoms with E-state index in [0.717, 1.165) is 28.7 Å². The summed E-state index contributed by atoms with van der Waals surface area (Å²) >= 11 is 3.49. The molecule has 3 nitrogen and oxygen atoms in total. The Balaban J connectivity index is 1.81. The highest BCUT2D eigenvalue weighted by molar-refractivity contribution is 9.10. The highest BCUT2D eigenvalue weighted by Gasteiger charge is 2.19. The Labute approximate surface area is 118 Å². The van der Waals surface area contributed by atoms with Gasteiger partial charge in [-0.2, -0.15) is 0 Å². The minimum absolute atomic E-state index is 0.691. The normalized spacial score (nSPS) is 23.9. The van der Waals surface area contributed by atoms with Crippen LogP contribution in [-0.4, -0.2) is 11.5 Å². The number of nitrogens with two attached hydrogens (primary N) is 1. The predicted molar refractivity (Wildman–Crippen MR) is 80.6 cm³/mol. The van der Waals surface area contributed by atoms with Gasteiger partial charge in [0.05, 0.1) is 16.4 Å². The second kappa shape index (κ2) is 6.41. The number of pyridine rings is 1. The molecule has 4 heteroatoms. The van der Waals surface area contributed by atoms with Gasteiger partial charge in [-0.15, -0.1) is 0 Å². The van der Waals surface area contributed by atoms with Crippen molar-refractivity contribution >= 4 is 27.4 Å². The summed E-state index contributed by atoms with van der Waals surface area (Å²) in [7, 11) is 0. The molecule has 0 aliphatic heterocycles. The molecule has 1 aliphatic carbocycles. The van der Waals surface area contributed by atoms with Crippen LogP contribution in [-0.2, 0) is 0 Å². The molecule has 0 aromatic carbocycles. The minimum atomic E-state index is 0.691. The van der Waals surface area contributed by atoms with Gasteiger partial charge < -0.3 is 11.1 Å². The molecule has 2 rings (SSSR count). The fraction of sp³-hybridized carbons (Fsp3) is 0.643. The van der Waals surface area contributed by atoms with Crippen LogP contribution in [0.25, 0.3) is 0 Å². The van der Waals surface area contributed by atoms with Crippen LogP contribution in [0, 0.1) is 11.8 Å². The van der Waals surface area contributed by atoms with Gasteiger partial charge in [0.2, 0.25) is 0 Å². The summed E-state index contributed by atoms with van der Waals surface area (Å²) in [4.78, 5) is 4.31. The van der Waals surface area contributed by atoms with Crippen molar-refractivity contribution in [3.05, 3.63) is 16.7 Å². The van der Waals surface area contributed by atoms with Gasteiger partial charge in [0.15, 0.2) is 0 Å². The summed E-state index contributed by atoms with van der Waals surface area (Å²) in [5.74, 6) is 2.66. The van der Waals surface area contributed by atoms with Crippen molar-refractivity contribution in [3.63, 3.8) is 0 Å². The molecule has 1 aromatic rings. The van der Waals surface area contributed by atoms with Crippen molar-refractivity contribution in [1.82, 2.24) is 4.98 Å². The summed E-state index contributed by atoms with van der Waals surface area (Å²) in [5.41, 5.74) is 6.37. The lowest BCUT2D eigenvalue weighted by Crippen LogP contribution is -2.21. The van der Waals surface area contributed by atoms with E-state index < -0.39 is 0 Å².